The molecule has 25 heavy (non-hydrogen) atoms. The lowest BCUT2D eigenvalue weighted by molar-refractivity contribution is -0.141. The summed E-state index contributed by atoms with van der Waals surface area (Å²) in [6, 6.07) is 7.08. The highest BCUT2D eigenvalue weighted by atomic mass is 35.5. The summed E-state index contributed by atoms with van der Waals surface area (Å²) in [5, 5.41) is 10.2. The minimum Gasteiger partial charge on any atom is -0.497 e. The number of ether oxygens (including phenoxy) is 2. The summed E-state index contributed by atoms with van der Waals surface area (Å²) in [5.74, 6) is 0.359. The van der Waals surface area contributed by atoms with Crippen molar-refractivity contribution in [3.8, 4) is 11.6 Å². The van der Waals surface area contributed by atoms with Crippen LogP contribution in [0.4, 0.5) is 0 Å². The van der Waals surface area contributed by atoms with E-state index in [9.17, 15) is 9.90 Å². The fraction of sp³-hybridized carbons (Fsp3) is 0.333. The number of aromatic nitrogens is 1. The van der Waals surface area contributed by atoms with Crippen molar-refractivity contribution in [3.05, 3.63) is 36.4 Å². The molecule has 0 amide bonds. The Hall–Kier alpha value is -2.31. The Morgan fingerprint density at radius 1 is 1.44 bits per heavy atom. The van der Waals surface area contributed by atoms with Crippen molar-refractivity contribution >= 4 is 35.4 Å². The van der Waals surface area contributed by atoms with Crippen LogP contribution < -0.4 is 9.47 Å². The number of pyridine rings is 1. The van der Waals surface area contributed by atoms with Crippen LogP contribution in [0.2, 0.25) is 0 Å². The lowest BCUT2D eigenvalue weighted by Gasteiger charge is -2.15. The number of nitrogens with zero attached hydrogens (tertiary/aromatic N) is 2. The molecule has 1 fully saturated rings. The number of fused-ring (bicyclic) bond motifs is 1. The number of hydrogen-bond acceptors (Lipinski definition) is 5. The number of carboxylic acid groups (broad SMARTS) is 1. The normalized spacial score (nSPS) is 20.1. The van der Waals surface area contributed by atoms with Gasteiger partial charge in [0.2, 0.25) is 5.88 Å². The number of halogens is 1. The first-order chi connectivity index (χ1) is 11.5. The Morgan fingerprint density at radius 2 is 2.20 bits per heavy atom. The molecule has 6 nitrogen and oxygen atoms in total. The summed E-state index contributed by atoms with van der Waals surface area (Å²) in [6.45, 7) is 4.36. The van der Waals surface area contributed by atoms with Crippen molar-refractivity contribution in [2.45, 2.75) is 18.6 Å². The number of hydrogen-bond donors (Lipinski definition) is 1. The van der Waals surface area contributed by atoms with E-state index in [2.05, 4.69) is 11.6 Å². The molecule has 0 saturated carbocycles. The molecule has 0 unspecified atom stereocenters. The zero-order chi connectivity index (χ0) is 17.3. The molecule has 2 heterocycles. The predicted octanol–water partition coefficient (Wildman–Crippen LogP) is 2.84. The first-order valence-electron chi connectivity index (χ1n) is 7.72. The molecule has 0 aliphatic carbocycles. The molecule has 2 aromatic rings. The smallest absolute Gasteiger partial charge is 0.321 e. The van der Waals surface area contributed by atoms with Crippen LogP contribution >= 0.6 is 12.4 Å². The van der Waals surface area contributed by atoms with Crippen molar-refractivity contribution < 1.29 is 19.4 Å². The third-order valence-electron chi connectivity index (χ3n) is 4.31. The Morgan fingerprint density at radius 3 is 2.80 bits per heavy atom. The Kier molecular flexibility index (Phi) is 5.87. The van der Waals surface area contributed by atoms with Gasteiger partial charge in [0.15, 0.2) is 0 Å². The molecule has 3 rings (SSSR count). The number of likely N-dealkylation sites (N-methyl/N-ethyl adjacent to an activating group) is 1. The highest BCUT2D eigenvalue weighted by molar-refractivity contribution is 5.85. The van der Waals surface area contributed by atoms with E-state index in [1.807, 2.05) is 24.3 Å². The molecule has 1 aliphatic heterocycles. The van der Waals surface area contributed by atoms with E-state index in [1.165, 1.54) is 0 Å². The monoisotopic (exact) mass is 364 g/mol. The second-order valence-corrected chi connectivity index (χ2v) is 5.91. The number of likely N-dealkylation sites (tertiary alicyclic amines) is 1. The van der Waals surface area contributed by atoms with Gasteiger partial charge >= 0.3 is 5.97 Å². The van der Waals surface area contributed by atoms with E-state index in [0.717, 1.165) is 22.2 Å². The zero-order valence-corrected chi connectivity index (χ0v) is 15.0. The molecular formula is C18H21ClN2O4. The lowest BCUT2D eigenvalue weighted by Crippen LogP contribution is -2.32. The summed E-state index contributed by atoms with van der Waals surface area (Å²) in [4.78, 5) is 17.6. The van der Waals surface area contributed by atoms with Gasteiger partial charge < -0.3 is 14.6 Å². The highest BCUT2D eigenvalue weighted by Crippen LogP contribution is 2.29. The van der Waals surface area contributed by atoms with Gasteiger partial charge in [-0.05, 0) is 25.2 Å². The van der Waals surface area contributed by atoms with Gasteiger partial charge in [-0.3, -0.25) is 9.69 Å². The average Bonchev–Trinajstić information content (AvgIpc) is 2.94. The van der Waals surface area contributed by atoms with Crippen LogP contribution in [0.1, 0.15) is 12.0 Å². The largest absolute Gasteiger partial charge is 0.497 e. The van der Waals surface area contributed by atoms with E-state index in [0.29, 0.717) is 18.8 Å². The van der Waals surface area contributed by atoms with Gasteiger partial charge in [0.05, 0.1) is 12.6 Å². The molecule has 0 radical (unpaired) electrons. The second kappa shape index (κ2) is 7.72. The van der Waals surface area contributed by atoms with Crippen molar-refractivity contribution in [2.75, 3.05) is 20.7 Å². The van der Waals surface area contributed by atoms with Gasteiger partial charge in [0, 0.05) is 30.0 Å². The first kappa shape index (κ1) is 19.0. The average molecular weight is 365 g/mol. The van der Waals surface area contributed by atoms with E-state index in [-0.39, 0.29) is 18.5 Å². The van der Waals surface area contributed by atoms with Crippen LogP contribution in [0, 0.1) is 0 Å². The molecule has 134 valence electrons. The van der Waals surface area contributed by atoms with Gasteiger partial charge in [0.1, 0.15) is 17.9 Å². The van der Waals surface area contributed by atoms with E-state index >= 15 is 0 Å². The minimum atomic E-state index is -0.830. The SMILES string of the molecule is C=Cc1cc2ccc(OC)cc2nc1O[C@@H]1C[C@@H](C(=O)O)N(C)C1.Cl. The molecule has 1 aliphatic rings. The second-order valence-electron chi connectivity index (χ2n) is 5.91. The van der Waals surface area contributed by atoms with Gasteiger partial charge in [-0.15, -0.1) is 12.4 Å². The predicted molar refractivity (Wildman–Crippen MR) is 98.7 cm³/mol. The Bertz CT molecular complexity index is 796. The number of carbonyl (C=O) groups is 1. The van der Waals surface area contributed by atoms with Crippen LogP contribution in [-0.2, 0) is 4.79 Å². The fourth-order valence-corrected chi connectivity index (χ4v) is 3.00. The summed E-state index contributed by atoms with van der Waals surface area (Å²) < 4.78 is 11.2. The number of carboxylic acids is 1. The quantitative estimate of drug-likeness (QED) is 0.879. The number of aliphatic carboxylic acids is 1. The lowest BCUT2D eigenvalue weighted by atomic mass is 10.1. The van der Waals surface area contributed by atoms with Gasteiger partial charge in [0.25, 0.3) is 0 Å². The number of methoxy groups -OCH3 is 1. The Balaban J connectivity index is 0.00000225. The van der Waals surface area contributed by atoms with Gasteiger partial charge in [-0.1, -0.05) is 12.7 Å². The third-order valence-corrected chi connectivity index (χ3v) is 4.31. The maximum atomic E-state index is 11.2. The van der Waals surface area contributed by atoms with Crippen LogP contribution in [0.5, 0.6) is 11.6 Å². The molecule has 1 aromatic heterocycles. The molecule has 1 saturated heterocycles. The third kappa shape index (κ3) is 3.86. The molecule has 2 atom stereocenters. The van der Waals surface area contributed by atoms with Crippen molar-refractivity contribution in [1.82, 2.24) is 9.88 Å². The summed E-state index contributed by atoms with van der Waals surface area (Å²) in [6.07, 6.45) is 1.91. The molecule has 0 bridgehead atoms. The van der Waals surface area contributed by atoms with Crippen LogP contribution in [0.25, 0.3) is 17.0 Å². The molecule has 1 N–H and O–H groups in total. The number of rotatable bonds is 5. The van der Waals surface area contributed by atoms with Crippen molar-refractivity contribution in [2.24, 2.45) is 0 Å². The van der Waals surface area contributed by atoms with Crippen LogP contribution in [-0.4, -0.2) is 53.8 Å². The first-order valence-corrected chi connectivity index (χ1v) is 7.72. The van der Waals surface area contributed by atoms with Crippen LogP contribution in [0.15, 0.2) is 30.8 Å². The van der Waals surface area contributed by atoms with E-state index in [4.69, 9.17) is 9.47 Å². The number of benzene rings is 1. The summed E-state index contributed by atoms with van der Waals surface area (Å²) >= 11 is 0. The minimum absolute atomic E-state index is 0. The van der Waals surface area contributed by atoms with Crippen molar-refractivity contribution in [3.63, 3.8) is 0 Å². The topological polar surface area (TPSA) is 71.9 Å². The molecule has 7 heteroatoms. The van der Waals surface area contributed by atoms with E-state index < -0.39 is 12.0 Å². The Labute approximate surface area is 152 Å². The zero-order valence-electron chi connectivity index (χ0n) is 14.1. The van der Waals surface area contributed by atoms with Crippen LogP contribution in [0.3, 0.4) is 0 Å². The molecular weight excluding hydrogens is 344 g/mol. The highest BCUT2D eigenvalue weighted by Gasteiger charge is 2.36. The van der Waals surface area contributed by atoms with Gasteiger partial charge in [-0.2, -0.15) is 0 Å². The fourth-order valence-electron chi connectivity index (χ4n) is 3.00. The standard InChI is InChI=1S/C18H20N2O4.ClH/c1-4-11-7-12-5-6-13(23-3)8-15(12)19-17(11)24-14-9-16(18(21)22)20(2)10-14;/h4-8,14,16H,1,9-10H2,2-3H3,(H,21,22);1H/t14-,16+;/m1./s1. The van der Waals surface area contributed by atoms with Gasteiger partial charge in [-0.25, -0.2) is 4.98 Å². The van der Waals surface area contributed by atoms with E-state index in [1.54, 1.807) is 25.1 Å². The molecule has 0 spiro atoms. The summed E-state index contributed by atoms with van der Waals surface area (Å²) in [5.41, 5.74) is 1.55. The maximum absolute atomic E-state index is 11.2. The van der Waals surface area contributed by atoms with Crippen molar-refractivity contribution in [1.29, 1.82) is 0 Å². The maximum Gasteiger partial charge on any atom is 0.321 e. The molecule has 1 aromatic carbocycles. The summed E-state index contributed by atoms with van der Waals surface area (Å²) in [7, 11) is 3.40.